The van der Waals surface area contributed by atoms with Crippen molar-refractivity contribution in [3.05, 3.63) is 42.2 Å². The number of aliphatic hydroxyl groups is 1. The molecule has 10 heteroatoms. The molecule has 32 heavy (non-hydrogen) atoms. The lowest BCUT2D eigenvalue weighted by Crippen LogP contribution is -2.38. The normalized spacial score (nSPS) is 26.2. The van der Waals surface area contributed by atoms with E-state index in [-0.39, 0.29) is 5.95 Å². The third kappa shape index (κ3) is 4.53. The van der Waals surface area contributed by atoms with Gasteiger partial charge in [-0.3, -0.25) is 4.57 Å². The van der Waals surface area contributed by atoms with Crippen LogP contribution in [0.5, 0.6) is 5.88 Å². The Labute approximate surface area is 186 Å². The van der Waals surface area contributed by atoms with Gasteiger partial charge in [0.2, 0.25) is 11.8 Å². The van der Waals surface area contributed by atoms with Crippen LogP contribution in [0.3, 0.4) is 0 Å². The molecule has 1 fully saturated rings. The smallest absolute Gasteiger partial charge is 0.247 e. The molecule has 1 saturated heterocycles. The molecule has 0 aliphatic carbocycles. The molecular formula is C22H29N5O5. The van der Waals surface area contributed by atoms with Crippen LogP contribution in [0, 0.1) is 0 Å². The molecule has 1 aliphatic heterocycles. The first-order valence-electron chi connectivity index (χ1n) is 10.7. The fourth-order valence-corrected chi connectivity index (χ4v) is 3.90. The van der Waals surface area contributed by atoms with E-state index in [1.54, 1.807) is 18.0 Å². The zero-order valence-electron chi connectivity index (χ0n) is 18.4. The summed E-state index contributed by atoms with van der Waals surface area (Å²) in [6.45, 7) is 4.47. The van der Waals surface area contributed by atoms with Gasteiger partial charge in [-0.25, -0.2) is 4.98 Å². The minimum atomic E-state index is -0.730. The zero-order chi connectivity index (χ0) is 22.7. The van der Waals surface area contributed by atoms with Crippen LogP contribution >= 0.6 is 0 Å². The molecule has 172 valence electrons. The molecular weight excluding hydrogens is 414 g/mol. The van der Waals surface area contributed by atoms with Crippen molar-refractivity contribution in [2.24, 2.45) is 0 Å². The fourth-order valence-electron chi connectivity index (χ4n) is 3.90. The van der Waals surface area contributed by atoms with Crippen LogP contribution in [0.4, 0.5) is 5.95 Å². The van der Waals surface area contributed by atoms with E-state index < -0.39 is 30.6 Å². The third-order valence-corrected chi connectivity index (χ3v) is 5.56. The number of hydrogen-bond donors (Lipinski definition) is 2. The number of aliphatic hydroxyl groups excluding tert-OH is 1. The second-order valence-electron chi connectivity index (χ2n) is 7.71. The molecule has 10 nitrogen and oxygen atoms in total. The first kappa shape index (κ1) is 22.4. The molecule has 0 radical (unpaired) electrons. The number of rotatable bonds is 7. The standard InChI is InChI=1S/C22H29N5O5/c1-4-30-20-17-19(25-22(23)26-20)27(12-24-17)21-18(29-3)16(10-15(28)13(2)32-21)31-11-14-8-6-5-7-9-14/h5-9,12-13,15-16,18,21,28H,4,10-11H2,1-3H3,(H2,23,25,26)/t13?,15?,16-,18-,21-/m1/s1. The van der Waals surface area contributed by atoms with Crippen molar-refractivity contribution in [3.8, 4) is 5.88 Å². The van der Waals surface area contributed by atoms with Crippen LogP contribution in [0.1, 0.15) is 32.1 Å². The van der Waals surface area contributed by atoms with Crippen LogP contribution in [0.15, 0.2) is 36.7 Å². The van der Waals surface area contributed by atoms with Crippen LogP contribution in [0.2, 0.25) is 0 Å². The lowest BCUT2D eigenvalue weighted by atomic mass is 10.0. The monoisotopic (exact) mass is 443 g/mol. The summed E-state index contributed by atoms with van der Waals surface area (Å²) >= 11 is 0. The highest BCUT2D eigenvalue weighted by Gasteiger charge is 2.41. The van der Waals surface area contributed by atoms with Crippen molar-refractivity contribution >= 4 is 17.1 Å². The van der Waals surface area contributed by atoms with E-state index in [1.807, 2.05) is 44.2 Å². The van der Waals surface area contributed by atoms with Gasteiger partial charge in [0.1, 0.15) is 6.10 Å². The Kier molecular flexibility index (Phi) is 6.85. The van der Waals surface area contributed by atoms with E-state index in [0.29, 0.717) is 36.7 Å². The molecule has 3 N–H and O–H groups in total. The number of aromatic nitrogens is 4. The van der Waals surface area contributed by atoms with Gasteiger partial charge < -0.3 is 29.8 Å². The Morgan fingerprint density at radius 3 is 2.75 bits per heavy atom. The minimum Gasteiger partial charge on any atom is -0.476 e. The Bertz CT molecular complexity index is 1030. The van der Waals surface area contributed by atoms with Crippen molar-refractivity contribution < 1.29 is 24.1 Å². The van der Waals surface area contributed by atoms with E-state index in [9.17, 15) is 5.11 Å². The summed E-state index contributed by atoms with van der Waals surface area (Å²) in [6, 6.07) is 9.85. The van der Waals surface area contributed by atoms with Crippen molar-refractivity contribution in [1.82, 2.24) is 19.5 Å². The van der Waals surface area contributed by atoms with Gasteiger partial charge in [0.05, 0.1) is 37.9 Å². The van der Waals surface area contributed by atoms with Gasteiger partial charge in [-0.1, -0.05) is 30.3 Å². The molecule has 3 aromatic rings. The first-order chi connectivity index (χ1) is 15.5. The van der Waals surface area contributed by atoms with Crippen molar-refractivity contribution in [1.29, 1.82) is 0 Å². The maximum Gasteiger partial charge on any atom is 0.247 e. The molecule has 3 heterocycles. The number of imidazole rings is 1. The van der Waals surface area contributed by atoms with E-state index in [0.717, 1.165) is 5.56 Å². The SMILES string of the molecule is CCOc1nc(N)nc2c1ncn2[C@@H]1OC(C)C(O)C[C@@H](OCc2ccccc2)[C@H]1OC. The number of fused-ring (bicyclic) bond motifs is 1. The highest BCUT2D eigenvalue weighted by atomic mass is 16.6. The minimum absolute atomic E-state index is 0.0650. The van der Waals surface area contributed by atoms with Crippen molar-refractivity contribution in [2.45, 2.75) is 57.5 Å². The molecule has 4 rings (SSSR count). The summed E-state index contributed by atoms with van der Waals surface area (Å²) in [5, 5.41) is 10.7. The lowest BCUT2D eigenvalue weighted by molar-refractivity contribution is -0.155. The Morgan fingerprint density at radius 1 is 1.25 bits per heavy atom. The van der Waals surface area contributed by atoms with Gasteiger partial charge in [0.25, 0.3) is 0 Å². The fraction of sp³-hybridized carbons (Fsp3) is 0.500. The summed E-state index contributed by atoms with van der Waals surface area (Å²) in [5.74, 6) is 0.372. The third-order valence-electron chi connectivity index (χ3n) is 5.56. The summed E-state index contributed by atoms with van der Waals surface area (Å²) in [5.41, 5.74) is 7.88. The van der Waals surface area contributed by atoms with Gasteiger partial charge >= 0.3 is 0 Å². The average Bonchev–Trinajstić information content (AvgIpc) is 3.16. The summed E-state index contributed by atoms with van der Waals surface area (Å²) in [7, 11) is 1.59. The van der Waals surface area contributed by atoms with Gasteiger partial charge in [0.15, 0.2) is 17.4 Å². The van der Waals surface area contributed by atoms with Crippen molar-refractivity contribution in [2.75, 3.05) is 19.5 Å². The maximum atomic E-state index is 10.7. The van der Waals surface area contributed by atoms with Crippen molar-refractivity contribution in [3.63, 3.8) is 0 Å². The molecule has 1 aromatic carbocycles. The number of nitrogens with two attached hydrogens (primary N) is 1. The molecule has 5 atom stereocenters. The second-order valence-corrected chi connectivity index (χ2v) is 7.71. The molecule has 2 aromatic heterocycles. The number of ether oxygens (including phenoxy) is 4. The number of nitrogens with zero attached hydrogens (tertiary/aromatic N) is 4. The Morgan fingerprint density at radius 2 is 2.03 bits per heavy atom. The number of nitrogen functional groups attached to an aromatic ring is 1. The van der Waals surface area contributed by atoms with Gasteiger partial charge in [-0.2, -0.15) is 9.97 Å². The second kappa shape index (κ2) is 9.78. The van der Waals surface area contributed by atoms with E-state index in [1.165, 1.54) is 0 Å². The van der Waals surface area contributed by atoms with E-state index in [4.69, 9.17) is 24.7 Å². The lowest BCUT2D eigenvalue weighted by Gasteiger charge is -2.31. The summed E-state index contributed by atoms with van der Waals surface area (Å²) in [6.07, 6.45) is -0.886. The molecule has 0 saturated carbocycles. The first-order valence-corrected chi connectivity index (χ1v) is 10.7. The van der Waals surface area contributed by atoms with Crippen LogP contribution in [-0.4, -0.2) is 62.8 Å². The van der Waals surface area contributed by atoms with Crippen LogP contribution in [-0.2, 0) is 20.8 Å². The highest BCUT2D eigenvalue weighted by molar-refractivity contribution is 5.77. The maximum absolute atomic E-state index is 10.7. The topological polar surface area (TPSA) is 127 Å². The molecule has 0 amide bonds. The Hall–Kier alpha value is -2.79. The number of benzene rings is 1. The predicted octanol–water partition coefficient (Wildman–Crippen LogP) is 2.08. The highest BCUT2D eigenvalue weighted by Crippen LogP contribution is 2.34. The Balaban J connectivity index is 1.69. The van der Waals surface area contributed by atoms with E-state index >= 15 is 0 Å². The predicted molar refractivity (Wildman–Crippen MR) is 117 cm³/mol. The average molecular weight is 444 g/mol. The number of hydrogen-bond acceptors (Lipinski definition) is 9. The van der Waals surface area contributed by atoms with Gasteiger partial charge in [0, 0.05) is 13.5 Å². The van der Waals surface area contributed by atoms with E-state index in [2.05, 4.69) is 15.0 Å². The number of anilines is 1. The van der Waals surface area contributed by atoms with Crippen LogP contribution in [0.25, 0.3) is 11.2 Å². The number of methoxy groups -OCH3 is 1. The zero-order valence-corrected chi connectivity index (χ0v) is 18.4. The molecule has 0 spiro atoms. The molecule has 2 unspecified atom stereocenters. The van der Waals surface area contributed by atoms with Crippen LogP contribution < -0.4 is 10.5 Å². The van der Waals surface area contributed by atoms with Gasteiger partial charge in [-0.15, -0.1) is 0 Å². The summed E-state index contributed by atoms with van der Waals surface area (Å²) < 4.78 is 25.6. The molecule has 0 bridgehead atoms. The summed E-state index contributed by atoms with van der Waals surface area (Å²) in [4.78, 5) is 12.9. The quantitative estimate of drug-likeness (QED) is 0.564. The molecule has 1 aliphatic rings. The largest absolute Gasteiger partial charge is 0.476 e. The van der Waals surface area contributed by atoms with Gasteiger partial charge in [-0.05, 0) is 19.4 Å².